The van der Waals surface area contributed by atoms with E-state index >= 15 is 0 Å². The van der Waals surface area contributed by atoms with E-state index in [0.717, 1.165) is 31.1 Å². The van der Waals surface area contributed by atoms with E-state index in [2.05, 4.69) is 36.7 Å². The lowest BCUT2D eigenvalue weighted by Crippen LogP contribution is -2.22. The molecule has 0 spiro atoms. The monoisotopic (exact) mass is 237 g/mol. The molecule has 1 unspecified atom stereocenters. The molecule has 1 atom stereocenters. The number of thioether (sulfide) groups is 1. The minimum atomic E-state index is 0.464. The average molecular weight is 237 g/mol. The van der Waals surface area contributed by atoms with Gasteiger partial charge >= 0.3 is 0 Å². The lowest BCUT2D eigenvalue weighted by atomic mass is 10.0. The summed E-state index contributed by atoms with van der Waals surface area (Å²) in [5.74, 6) is 2.19. The highest BCUT2D eigenvalue weighted by Crippen LogP contribution is 2.28. The third kappa shape index (κ3) is 2.53. The predicted molar refractivity (Wildman–Crippen MR) is 70.4 cm³/mol. The molecule has 1 aromatic rings. The second-order valence-electron chi connectivity index (χ2n) is 4.03. The van der Waals surface area contributed by atoms with E-state index in [1.165, 1.54) is 11.1 Å². The van der Waals surface area contributed by atoms with Crippen LogP contribution in [0.4, 0.5) is 0 Å². The molecule has 1 aliphatic rings. The Labute approximate surface area is 102 Å². The molecule has 0 aromatic heterocycles. The molecule has 1 aliphatic heterocycles. The summed E-state index contributed by atoms with van der Waals surface area (Å²) in [5.41, 5.74) is 2.75. The Hall–Kier alpha value is -0.670. The summed E-state index contributed by atoms with van der Waals surface area (Å²) >= 11 is 1.88. The summed E-state index contributed by atoms with van der Waals surface area (Å²) in [6, 6.07) is 7.06. The first-order valence-electron chi connectivity index (χ1n) is 5.83. The summed E-state index contributed by atoms with van der Waals surface area (Å²) in [6.45, 7) is 4.01. The van der Waals surface area contributed by atoms with Crippen molar-refractivity contribution < 1.29 is 4.74 Å². The van der Waals surface area contributed by atoms with E-state index in [1.54, 1.807) is 0 Å². The van der Waals surface area contributed by atoms with Crippen LogP contribution in [0, 0.1) is 0 Å². The first-order chi connectivity index (χ1) is 7.85. The molecule has 0 fully saturated rings. The van der Waals surface area contributed by atoms with Crippen molar-refractivity contribution in [3.05, 3.63) is 29.3 Å². The predicted octanol–water partition coefficient (Wildman–Crippen LogP) is 2.64. The minimum absolute atomic E-state index is 0.464. The fourth-order valence-corrected chi connectivity index (χ4v) is 2.75. The van der Waals surface area contributed by atoms with E-state index < -0.39 is 0 Å². The second-order valence-corrected chi connectivity index (χ2v) is 4.94. The molecule has 3 heteroatoms. The van der Waals surface area contributed by atoms with Crippen molar-refractivity contribution >= 4 is 11.8 Å². The molecule has 1 aromatic carbocycles. The van der Waals surface area contributed by atoms with Crippen LogP contribution in [0.25, 0.3) is 0 Å². The van der Waals surface area contributed by atoms with Gasteiger partial charge in [0.05, 0.1) is 6.61 Å². The van der Waals surface area contributed by atoms with Crippen molar-refractivity contribution in [3.63, 3.8) is 0 Å². The smallest absolute Gasteiger partial charge is 0.122 e. The Morgan fingerprint density at radius 1 is 1.50 bits per heavy atom. The maximum atomic E-state index is 5.53. The van der Waals surface area contributed by atoms with Crippen LogP contribution < -0.4 is 10.1 Å². The maximum Gasteiger partial charge on any atom is 0.122 e. The quantitative estimate of drug-likeness (QED) is 0.850. The van der Waals surface area contributed by atoms with E-state index in [1.807, 2.05) is 11.8 Å². The summed E-state index contributed by atoms with van der Waals surface area (Å²) in [4.78, 5) is 0. The SMILES string of the molecule is CCNC(CSC)c1ccc2c(c1)CCO2. The molecule has 2 rings (SSSR count). The zero-order valence-corrected chi connectivity index (χ0v) is 10.8. The molecule has 2 nitrogen and oxygen atoms in total. The minimum Gasteiger partial charge on any atom is -0.493 e. The Kier molecular flexibility index (Phi) is 4.13. The van der Waals surface area contributed by atoms with Crippen molar-refractivity contribution in [2.45, 2.75) is 19.4 Å². The zero-order chi connectivity index (χ0) is 11.4. The highest BCUT2D eigenvalue weighted by Gasteiger charge is 2.15. The van der Waals surface area contributed by atoms with Crippen molar-refractivity contribution in [1.29, 1.82) is 0 Å². The van der Waals surface area contributed by atoms with Crippen LogP contribution in [0.2, 0.25) is 0 Å². The van der Waals surface area contributed by atoms with Gasteiger partial charge in [-0.2, -0.15) is 11.8 Å². The Morgan fingerprint density at radius 2 is 2.38 bits per heavy atom. The number of benzene rings is 1. The van der Waals surface area contributed by atoms with Gasteiger partial charge < -0.3 is 10.1 Å². The van der Waals surface area contributed by atoms with Crippen molar-refractivity contribution in [2.24, 2.45) is 0 Å². The third-order valence-corrected chi connectivity index (χ3v) is 3.57. The van der Waals surface area contributed by atoms with Crippen LogP contribution in [0.5, 0.6) is 5.75 Å². The van der Waals surface area contributed by atoms with Gasteiger partial charge in [-0.15, -0.1) is 0 Å². The van der Waals surface area contributed by atoms with Crippen LogP contribution in [0.1, 0.15) is 24.1 Å². The topological polar surface area (TPSA) is 21.3 Å². The molecule has 0 radical (unpaired) electrons. The first-order valence-corrected chi connectivity index (χ1v) is 7.22. The molecule has 16 heavy (non-hydrogen) atoms. The Morgan fingerprint density at radius 3 is 3.12 bits per heavy atom. The number of ether oxygens (including phenoxy) is 1. The van der Waals surface area contributed by atoms with Gasteiger partial charge in [0.15, 0.2) is 0 Å². The molecular weight excluding hydrogens is 218 g/mol. The van der Waals surface area contributed by atoms with Gasteiger partial charge in [-0.25, -0.2) is 0 Å². The largest absolute Gasteiger partial charge is 0.493 e. The maximum absolute atomic E-state index is 5.53. The van der Waals surface area contributed by atoms with Crippen LogP contribution in [0.3, 0.4) is 0 Å². The molecule has 88 valence electrons. The number of rotatable bonds is 5. The van der Waals surface area contributed by atoms with Gasteiger partial charge in [-0.05, 0) is 30.0 Å². The number of hydrogen-bond acceptors (Lipinski definition) is 3. The number of fused-ring (bicyclic) bond motifs is 1. The van der Waals surface area contributed by atoms with Crippen LogP contribution in [0.15, 0.2) is 18.2 Å². The Bertz CT molecular complexity index is 348. The van der Waals surface area contributed by atoms with Crippen molar-refractivity contribution in [3.8, 4) is 5.75 Å². The number of hydrogen-bond donors (Lipinski definition) is 1. The first kappa shape index (κ1) is 11.8. The van der Waals surface area contributed by atoms with Gasteiger partial charge in [-0.3, -0.25) is 0 Å². The molecular formula is C13H19NOS. The van der Waals surface area contributed by atoms with E-state index in [9.17, 15) is 0 Å². The normalized spacial score (nSPS) is 15.6. The molecule has 0 saturated heterocycles. The average Bonchev–Trinajstić information content (AvgIpc) is 2.75. The second kappa shape index (κ2) is 5.60. The Balaban J connectivity index is 2.17. The molecule has 0 amide bonds. The zero-order valence-electron chi connectivity index (χ0n) is 9.95. The van der Waals surface area contributed by atoms with Gasteiger partial charge in [0.25, 0.3) is 0 Å². The number of nitrogens with one attached hydrogen (secondary N) is 1. The van der Waals surface area contributed by atoms with E-state index in [0.29, 0.717) is 6.04 Å². The lowest BCUT2D eigenvalue weighted by Gasteiger charge is -2.17. The molecule has 0 bridgehead atoms. The van der Waals surface area contributed by atoms with E-state index in [-0.39, 0.29) is 0 Å². The highest BCUT2D eigenvalue weighted by molar-refractivity contribution is 7.98. The van der Waals surface area contributed by atoms with Gasteiger partial charge in [0.1, 0.15) is 5.75 Å². The van der Waals surface area contributed by atoms with Gasteiger partial charge in [0.2, 0.25) is 0 Å². The summed E-state index contributed by atoms with van der Waals surface area (Å²) in [7, 11) is 0. The van der Waals surface area contributed by atoms with Crippen LogP contribution >= 0.6 is 11.8 Å². The third-order valence-electron chi connectivity index (χ3n) is 2.90. The van der Waals surface area contributed by atoms with Crippen molar-refractivity contribution in [2.75, 3.05) is 25.2 Å². The van der Waals surface area contributed by atoms with Crippen LogP contribution in [-0.2, 0) is 6.42 Å². The highest BCUT2D eigenvalue weighted by atomic mass is 32.2. The lowest BCUT2D eigenvalue weighted by molar-refractivity contribution is 0.357. The molecule has 1 heterocycles. The van der Waals surface area contributed by atoms with Crippen LogP contribution in [-0.4, -0.2) is 25.2 Å². The van der Waals surface area contributed by atoms with Gasteiger partial charge in [-0.1, -0.05) is 19.1 Å². The fourth-order valence-electron chi connectivity index (χ4n) is 2.11. The van der Waals surface area contributed by atoms with Gasteiger partial charge in [0, 0.05) is 18.2 Å². The summed E-state index contributed by atoms with van der Waals surface area (Å²) < 4.78 is 5.53. The summed E-state index contributed by atoms with van der Waals surface area (Å²) in [6.07, 6.45) is 3.21. The molecule has 0 aliphatic carbocycles. The van der Waals surface area contributed by atoms with E-state index in [4.69, 9.17) is 4.74 Å². The standard InChI is InChI=1S/C13H19NOS/c1-3-14-12(9-16-2)10-4-5-13-11(8-10)6-7-15-13/h4-5,8,12,14H,3,6-7,9H2,1-2H3. The fraction of sp³-hybridized carbons (Fsp3) is 0.538. The molecule has 0 saturated carbocycles. The summed E-state index contributed by atoms with van der Waals surface area (Å²) in [5, 5.41) is 3.53. The molecule has 1 N–H and O–H groups in total. The van der Waals surface area contributed by atoms with Crippen molar-refractivity contribution in [1.82, 2.24) is 5.32 Å².